The van der Waals surface area contributed by atoms with Crippen LogP contribution in [0.15, 0.2) is 48.5 Å². The van der Waals surface area contributed by atoms with Gasteiger partial charge in [-0.05, 0) is 49.5 Å². The number of hydrogen-bond donors (Lipinski definition) is 2. The number of carbonyl (C=O) groups excluding carboxylic acids is 1. The van der Waals surface area contributed by atoms with E-state index in [2.05, 4.69) is 48.6 Å². The normalized spacial score (nSPS) is 10.6. The zero-order chi connectivity index (χ0) is 15.2. The zero-order valence-electron chi connectivity index (χ0n) is 12.5. The molecule has 0 radical (unpaired) electrons. The summed E-state index contributed by atoms with van der Waals surface area (Å²) in [5, 5.41) is 3.36. The van der Waals surface area contributed by atoms with Gasteiger partial charge in [-0.15, -0.1) is 0 Å². The first-order chi connectivity index (χ1) is 10.0. The van der Waals surface area contributed by atoms with Crippen LogP contribution in [-0.2, 0) is 13.1 Å². The molecule has 2 aromatic carbocycles. The van der Waals surface area contributed by atoms with Crippen LogP contribution in [0.2, 0.25) is 0 Å². The minimum atomic E-state index is -0.397. The maximum Gasteiger partial charge on any atom is 0.248 e. The molecule has 0 unspecified atom stereocenters. The topological polar surface area (TPSA) is 58.4 Å². The lowest BCUT2D eigenvalue weighted by Crippen LogP contribution is -2.11. The number of amides is 1. The molecule has 0 heterocycles. The molecule has 21 heavy (non-hydrogen) atoms. The minimum absolute atomic E-state index is 0.397. The Kier molecular flexibility index (Phi) is 4.95. The third-order valence-corrected chi connectivity index (χ3v) is 3.19. The van der Waals surface area contributed by atoms with Gasteiger partial charge in [-0.2, -0.15) is 0 Å². The number of nitrogens with zero attached hydrogens (tertiary/aromatic N) is 1. The average Bonchev–Trinajstić information content (AvgIpc) is 2.46. The molecule has 1 amide bonds. The van der Waals surface area contributed by atoms with Gasteiger partial charge in [-0.25, -0.2) is 0 Å². The van der Waals surface area contributed by atoms with E-state index in [4.69, 9.17) is 5.73 Å². The lowest BCUT2D eigenvalue weighted by Gasteiger charge is -2.11. The van der Waals surface area contributed by atoms with Gasteiger partial charge < -0.3 is 16.0 Å². The standard InChI is InChI=1S/C17H21N3O/c1-20(2)12-14-5-9-16(10-6-14)19-11-13-3-7-15(8-4-13)17(18)21/h3-10,19H,11-12H2,1-2H3,(H2,18,21). The maximum absolute atomic E-state index is 11.0. The van der Waals surface area contributed by atoms with Crippen LogP contribution in [0.1, 0.15) is 21.5 Å². The molecule has 0 aromatic heterocycles. The van der Waals surface area contributed by atoms with E-state index in [1.54, 1.807) is 12.1 Å². The summed E-state index contributed by atoms with van der Waals surface area (Å²) in [7, 11) is 4.11. The fourth-order valence-electron chi connectivity index (χ4n) is 2.08. The average molecular weight is 283 g/mol. The van der Waals surface area contributed by atoms with E-state index in [9.17, 15) is 4.79 Å². The molecule has 2 aromatic rings. The van der Waals surface area contributed by atoms with Crippen LogP contribution < -0.4 is 11.1 Å². The highest BCUT2D eigenvalue weighted by Gasteiger charge is 2.00. The highest BCUT2D eigenvalue weighted by molar-refractivity contribution is 5.92. The summed E-state index contributed by atoms with van der Waals surface area (Å²) in [6.45, 7) is 1.65. The second-order valence-electron chi connectivity index (χ2n) is 5.35. The fraction of sp³-hybridized carbons (Fsp3) is 0.235. The first-order valence-electron chi connectivity index (χ1n) is 6.91. The van der Waals surface area contributed by atoms with Crippen molar-refractivity contribution in [1.82, 2.24) is 4.90 Å². The van der Waals surface area contributed by atoms with Gasteiger partial charge in [0, 0.05) is 24.3 Å². The van der Waals surface area contributed by atoms with Crippen molar-refractivity contribution in [2.45, 2.75) is 13.1 Å². The van der Waals surface area contributed by atoms with Gasteiger partial charge in [0.1, 0.15) is 0 Å². The fourth-order valence-corrected chi connectivity index (χ4v) is 2.08. The Bertz CT molecular complexity index is 588. The Morgan fingerprint density at radius 3 is 2.10 bits per heavy atom. The Hall–Kier alpha value is -2.33. The summed E-state index contributed by atoms with van der Waals surface area (Å²) < 4.78 is 0. The Morgan fingerprint density at radius 1 is 1.00 bits per heavy atom. The molecule has 4 nitrogen and oxygen atoms in total. The number of nitrogens with two attached hydrogens (primary N) is 1. The summed E-state index contributed by atoms with van der Waals surface area (Å²) in [6, 6.07) is 15.7. The van der Waals surface area contributed by atoms with Crippen molar-refractivity contribution >= 4 is 11.6 Å². The molecule has 3 N–H and O–H groups in total. The van der Waals surface area contributed by atoms with Crippen LogP contribution in [0.3, 0.4) is 0 Å². The summed E-state index contributed by atoms with van der Waals surface area (Å²) in [4.78, 5) is 13.1. The van der Waals surface area contributed by atoms with Crippen molar-refractivity contribution in [2.75, 3.05) is 19.4 Å². The number of benzene rings is 2. The van der Waals surface area contributed by atoms with Gasteiger partial charge in [-0.1, -0.05) is 24.3 Å². The number of primary amides is 1. The Labute approximate surface area is 125 Å². The Balaban J connectivity index is 1.91. The highest BCUT2D eigenvalue weighted by atomic mass is 16.1. The van der Waals surface area contributed by atoms with Crippen LogP contribution in [-0.4, -0.2) is 24.9 Å². The van der Waals surface area contributed by atoms with Crippen LogP contribution in [0.4, 0.5) is 5.69 Å². The van der Waals surface area contributed by atoms with E-state index in [0.29, 0.717) is 12.1 Å². The second-order valence-corrected chi connectivity index (χ2v) is 5.35. The number of nitrogens with one attached hydrogen (secondary N) is 1. The molecule has 0 aliphatic heterocycles. The van der Waals surface area contributed by atoms with Crippen LogP contribution in [0.5, 0.6) is 0 Å². The van der Waals surface area contributed by atoms with Crippen molar-refractivity contribution in [1.29, 1.82) is 0 Å². The molecule has 0 saturated heterocycles. The molecule has 2 rings (SSSR count). The van der Waals surface area contributed by atoms with Gasteiger partial charge in [0.15, 0.2) is 0 Å². The van der Waals surface area contributed by atoms with Crippen LogP contribution >= 0.6 is 0 Å². The zero-order valence-corrected chi connectivity index (χ0v) is 12.5. The third-order valence-electron chi connectivity index (χ3n) is 3.19. The molecule has 4 heteroatoms. The van der Waals surface area contributed by atoms with Gasteiger partial charge in [0.2, 0.25) is 5.91 Å². The first-order valence-corrected chi connectivity index (χ1v) is 6.91. The lowest BCUT2D eigenvalue weighted by molar-refractivity contribution is 0.100. The molecule has 0 spiro atoms. The molecule has 0 saturated carbocycles. The number of carbonyl (C=O) groups is 1. The van der Waals surface area contributed by atoms with E-state index in [0.717, 1.165) is 17.8 Å². The van der Waals surface area contributed by atoms with Gasteiger partial charge >= 0.3 is 0 Å². The van der Waals surface area contributed by atoms with E-state index >= 15 is 0 Å². The summed E-state index contributed by atoms with van der Waals surface area (Å²) >= 11 is 0. The van der Waals surface area contributed by atoms with Crippen molar-refractivity contribution in [2.24, 2.45) is 5.73 Å². The van der Waals surface area contributed by atoms with E-state index in [1.807, 2.05) is 12.1 Å². The molecule has 0 aliphatic rings. The molecule has 0 fully saturated rings. The second kappa shape index (κ2) is 6.90. The first kappa shape index (κ1) is 15.1. The van der Waals surface area contributed by atoms with Gasteiger partial charge in [-0.3, -0.25) is 4.79 Å². The smallest absolute Gasteiger partial charge is 0.248 e. The highest BCUT2D eigenvalue weighted by Crippen LogP contribution is 2.12. The summed E-state index contributed by atoms with van der Waals surface area (Å²) in [5.74, 6) is -0.397. The predicted octanol–water partition coefficient (Wildman–Crippen LogP) is 2.46. The van der Waals surface area contributed by atoms with Crippen molar-refractivity contribution in [3.05, 3.63) is 65.2 Å². The molecule has 0 aliphatic carbocycles. The molecule has 110 valence electrons. The number of hydrogen-bond acceptors (Lipinski definition) is 3. The van der Waals surface area contributed by atoms with Crippen molar-refractivity contribution < 1.29 is 4.79 Å². The molecule has 0 bridgehead atoms. The SMILES string of the molecule is CN(C)Cc1ccc(NCc2ccc(C(N)=O)cc2)cc1. The maximum atomic E-state index is 11.0. The van der Waals surface area contributed by atoms with E-state index in [1.165, 1.54) is 5.56 Å². The van der Waals surface area contributed by atoms with Crippen molar-refractivity contribution in [3.8, 4) is 0 Å². The molecular formula is C17H21N3O. The Morgan fingerprint density at radius 2 is 1.57 bits per heavy atom. The van der Waals surface area contributed by atoms with E-state index < -0.39 is 5.91 Å². The quantitative estimate of drug-likeness (QED) is 0.856. The number of anilines is 1. The largest absolute Gasteiger partial charge is 0.381 e. The minimum Gasteiger partial charge on any atom is -0.381 e. The van der Waals surface area contributed by atoms with Crippen molar-refractivity contribution in [3.63, 3.8) is 0 Å². The van der Waals surface area contributed by atoms with Gasteiger partial charge in [0.05, 0.1) is 0 Å². The number of rotatable bonds is 6. The molecular weight excluding hydrogens is 262 g/mol. The van der Waals surface area contributed by atoms with Crippen LogP contribution in [0, 0.1) is 0 Å². The van der Waals surface area contributed by atoms with Gasteiger partial charge in [0.25, 0.3) is 0 Å². The predicted molar refractivity (Wildman–Crippen MR) is 86.1 cm³/mol. The summed E-state index contributed by atoms with van der Waals surface area (Å²) in [5.41, 5.74) is 9.23. The lowest BCUT2D eigenvalue weighted by atomic mass is 10.1. The third kappa shape index (κ3) is 4.61. The van der Waals surface area contributed by atoms with E-state index in [-0.39, 0.29) is 0 Å². The monoisotopic (exact) mass is 283 g/mol. The summed E-state index contributed by atoms with van der Waals surface area (Å²) in [6.07, 6.45) is 0. The molecule has 0 atom stereocenters. The van der Waals surface area contributed by atoms with Crippen LogP contribution in [0.25, 0.3) is 0 Å².